The van der Waals surface area contributed by atoms with Crippen molar-refractivity contribution in [1.29, 1.82) is 0 Å². The summed E-state index contributed by atoms with van der Waals surface area (Å²) in [6, 6.07) is 1.56. The van der Waals surface area contributed by atoms with E-state index < -0.39 is 10.0 Å². The summed E-state index contributed by atoms with van der Waals surface area (Å²) in [5.41, 5.74) is 0. The standard InChI is InChI=1S/C13H22BrN3O3S/c1-3-6-15-13-12(9-11(14)10-16-13)21(19,20)17(4-2)7-5-8-18/h9-10,18H,3-8H2,1-2H3,(H,15,16). The Morgan fingerprint density at radius 3 is 2.71 bits per heavy atom. The number of nitrogens with zero attached hydrogens (tertiary/aromatic N) is 2. The van der Waals surface area contributed by atoms with E-state index in [4.69, 9.17) is 5.11 Å². The van der Waals surface area contributed by atoms with Gasteiger partial charge in [0.15, 0.2) is 0 Å². The molecule has 1 aromatic heterocycles. The van der Waals surface area contributed by atoms with Gasteiger partial charge in [0, 0.05) is 36.9 Å². The molecule has 0 radical (unpaired) electrons. The van der Waals surface area contributed by atoms with Crippen LogP contribution >= 0.6 is 15.9 Å². The molecule has 0 amide bonds. The highest BCUT2D eigenvalue weighted by molar-refractivity contribution is 9.10. The number of hydrogen-bond donors (Lipinski definition) is 2. The van der Waals surface area contributed by atoms with Crippen molar-refractivity contribution in [3.05, 3.63) is 16.7 Å². The minimum Gasteiger partial charge on any atom is -0.396 e. The predicted octanol–water partition coefficient (Wildman–Crippen LogP) is 2.06. The van der Waals surface area contributed by atoms with Crippen molar-refractivity contribution in [1.82, 2.24) is 9.29 Å². The van der Waals surface area contributed by atoms with E-state index in [0.29, 0.717) is 29.8 Å². The molecule has 8 heteroatoms. The first-order chi connectivity index (χ1) is 9.97. The van der Waals surface area contributed by atoms with Crippen LogP contribution in [0.2, 0.25) is 0 Å². The predicted molar refractivity (Wildman–Crippen MR) is 86.9 cm³/mol. The van der Waals surface area contributed by atoms with Crippen molar-refractivity contribution in [2.75, 3.05) is 31.6 Å². The van der Waals surface area contributed by atoms with Crippen molar-refractivity contribution in [2.24, 2.45) is 0 Å². The lowest BCUT2D eigenvalue weighted by molar-refractivity contribution is 0.271. The SMILES string of the molecule is CCCNc1ncc(Br)cc1S(=O)(=O)N(CC)CCCO. The average Bonchev–Trinajstić information content (AvgIpc) is 2.46. The summed E-state index contributed by atoms with van der Waals surface area (Å²) in [7, 11) is -3.64. The van der Waals surface area contributed by atoms with E-state index in [-0.39, 0.29) is 18.0 Å². The topological polar surface area (TPSA) is 82.5 Å². The Labute approximate surface area is 134 Å². The van der Waals surface area contributed by atoms with Gasteiger partial charge in [-0.15, -0.1) is 0 Å². The first-order valence-electron chi connectivity index (χ1n) is 6.97. The van der Waals surface area contributed by atoms with Crippen LogP contribution in [-0.4, -0.2) is 49.1 Å². The molecule has 120 valence electrons. The molecule has 0 atom stereocenters. The fraction of sp³-hybridized carbons (Fsp3) is 0.615. The number of rotatable bonds is 9. The first kappa shape index (κ1) is 18.3. The quantitative estimate of drug-likeness (QED) is 0.685. The first-order valence-corrected chi connectivity index (χ1v) is 9.21. The van der Waals surface area contributed by atoms with Crippen molar-refractivity contribution in [3.63, 3.8) is 0 Å². The van der Waals surface area contributed by atoms with Crippen LogP contribution in [0.1, 0.15) is 26.7 Å². The van der Waals surface area contributed by atoms with Gasteiger partial charge in [0.1, 0.15) is 10.7 Å². The molecule has 0 fully saturated rings. The summed E-state index contributed by atoms with van der Waals surface area (Å²) in [5, 5.41) is 12.0. The Morgan fingerprint density at radius 1 is 1.43 bits per heavy atom. The molecule has 0 aromatic carbocycles. The normalized spacial score (nSPS) is 11.9. The van der Waals surface area contributed by atoms with Gasteiger partial charge in [-0.3, -0.25) is 0 Å². The summed E-state index contributed by atoms with van der Waals surface area (Å²) in [4.78, 5) is 4.32. The van der Waals surface area contributed by atoms with Crippen molar-refractivity contribution in [2.45, 2.75) is 31.6 Å². The van der Waals surface area contributed by atoms with Crippen molar-refractivity contribution >= 4 is 31.8 Å². The average molecular weight is 380 g/mol. The second-order valence-electron chi connectivity index (χ2n) is 4.50. The third-order valence-corrected chi connectivity index (χ3v) is 5.32. The third-order valence-electron chi connectivity index (χ3n) is 2.90. The molecule has 0 saturated carbocycles. The van der Waals surface area contributed by atoms with Gasteiger partial charge in [0.25, 0.3) is 0 Å². The Hall–Kier alpha value is -0.700. The van der Waals surface area contributed by atoms with Crippen LogP contribution in [0.15, 0.2) is 21.6 Å². The number of aliphatic hydroxyl groups excluding tert-OH is 1. The van der Waals surface area contributed by atoms with E-state index in [2.05, 4.69) is 26.2 Å². The van der Waals surface area contributed by atoms with E-state index >= 15 is 0 Å². The van der Waals surface area contributed by atoms with Gasteiger partial charge in [0.2, 0.25) is 10.0 Å². The minimum atomic E-state index is -3.64. The molecule has 0 saturated heterocycles. The maximum Gasteiger partial charge on any atom is 0.246 e. The third kappa shape index (κ3) is 4.91. The fourth-order valence-corrected chi connectivity index (χ4v) is 3.94. The molecule has 21 heavy (non-hydrogen) atoms. The monoisotopic (exact) mass is 379 g/mol. The smallest absolute Gasteiger partial charge is 0.246 e. The van der Waals surface area contributed by atoms with Crippen LogP contribution in [0.5, 0.6) is 0 Å². The summed E-state index contributed by atoms with van der Waals surface area (Å²) in [6.07, 6.45) is 2.85. The Morgan fingerprint density at radius 2 is 2.14 bits per heavy atom. The lowest BCUT2D eigenvalue weighted by atomic mass is 10.4. The van der Waals surface area contributed by atoms with Crippen molar-refractivity contribution < 1.29 is 13.5 Å². The number of pyridine rings is 1. The molecule has 6 nitrogen and oxygen atoms in total. The molecule has 0 spiro atoms. The molecule has 0 unspecified atom stereocenters. The van der Waals surface area contributed by atoms with Gasteiger partial charge in [-0.25, -0.2) is 13.4 Å². The second-order valence-corrected chi connectivity index (χ2v) is 7.32. The van der Waals surface area contributed by atoms with E-state index in [1.54, 1.807) is 19.2 Å². The Balaban J connectivity index is 3.18. The number of aromatic nitrogens is 1. The number of nitrogens with one attached hydrogen (secondary N) is 1. The Bertz CT molecular complexity index is 552. The number of hydrogen-bond acceptors (Lipinski definition) is 5. The van der Waals surface area contributed by atoms with E-state index in [0.717, 1.165) is 6.42 Å². The number of sulfonamides is 1. The van der Waals surface area contributed by atoms with Gasteiger partial charge < -0.3 is 10.4 Å². The largest absolute Gasteiger partial charge is 0.396 e. The second kappa shape index (κ2) is 8.67. The molecule has 1 aromatic rings. The van der Waals surface area contributed by atoms with E-state index in [1.807, 2.05) is 6.92 Å². The van der Waals surface area contributed by atoms with Gasteiger partial charge in [0.05, 0.1) is 0 Å². The van der Waals surface area contributed by atoms with Crippen LogP contribution < -0.4 is 5.32 Å². The fourth-order valence-electron chi connectivity index (χ4n) is 1.83. The van der Waals surface area contributed by atoms with Crippen LogP contribution in [0.3, 0.4) is 0 Å². The highest BCUT2D eigenvalue weighted by atomic mass is 79.9. The van der Waals surface area contributed by atoms with E-state index in [1.165, 1.54) is 4.31 Å². The summed E-state index contributed by atoms with van der Waals surface area (Å²) >= 11 is 3.27. The maximum atomic E-state index is 12.7. The highest BCUT2D eigenvalue weighted by Gasteiger charge is 2.26. The van der Waals surface area contributed by atoms with Crippen LogP contribution in [0, 0.1) is 0 Å². The summed E-state index contributed by atoms with van der Waals surface area (Å²) in [6.45, 7) is 5.03. The Kier molecular flexibility index (Phi) is 7.58. The van der Waals surface area contributed by atoms with Crippen LogP contribution in [-0.2, 0) is 10.0 Å². The molecular formula is C13H22BrN3O3S. The number of aliphatic hydroxyl groups is 1. The molecule has 0 aliphatic heterocycles. The molecule has 0 bridgehead atoms. The van der Waals surface area contributed by atoms with Gasteiger partial charge in [-0.1, -0.05) is 13.8 Å². The number of halogens is 1. The van der Waals surface area contributed by atoms with Crippen LogP contribution in [0.25, 0.3) is 0 Å². The zero-order valence-corrected chi connectivity index (χ0v) is 14.7. The van der Waals surface area contributed by atoms with Gasteiger partial charge >= 0.3 is 0 Å². The molecule has 0 aliphatic rings. The van der Waals surface area contributed by atoms with Crippen molar-refractivity contribution in [3.8, 4) is 0 Å². The van der Waals surface area contributed by atoms with Gasteiger partial charge in [-0.2, -0.15) is 4.31 Å². The highest BCUT2D eigenvalue weighted by Crippen LogP contribution is 2.26. The summed E-state index contributed by atoms with van der Waals surface area (Å²) in [5.74, 6) is 0.363. The maximum absolute atomic E-state index is 12.7. The molecule has 0 aliphatic carbocycles. The zero-order valence-electron chi connectivity index (χ0n) is 12.3. The van der Waals surface area contributed by atoms with Gasteiger partial charge in [-0.05, 0) is 34.8 Å². The zero-order chi connectivity index (χ0) is 15.9. The number of anilines is 1. The molecule has 2 N–H and O–H groups in total. The minimum absolute atomic E-state index is 0.0380. The van der Waals surface area contributed by atoms with Crippen LogP contribution in [0.4, 0.5) is 5.82 Å². The summed E-state index contributed by atoms with van der Waals surface area (Å²) < 4.78 is 27.5. The molecule has 1 heterocycles. The molecule has 1 rings (SSSR count). The molecular weight excluding hydrogens is 358 g/mol. The van der Waals surface area contributed by atoms with E-state index in [9.17, 15) is 8.42 Å². The lowest BCUT2D eigenvalue weighted by Crippen LogP contribution is -2.33. The lowest BCUT2D eigenvalue weighted by Gasteiger charge is -2.21.